The van der Waals surface area contributed by atoms with Crippen LogP contribution in [0, 0.1) is 0 Å². The highest BCUT2D eigenvalue weighted by Crippen LogP contribution is 2.16. The summed E-state index contributed by atoms with van der Waals surface area (Å²) >= 11 is 0. The molecule has 0 aliphatic carbocycles. The molecule has 1 aromatic carbocycles. The van der Waals surface area contributed by atoms with Crippen LogP contribution in [0.4, 0.5) is 0 Å². The van der Waals surface area contributed by atoms with E-state index >= 15 is 0 Å². The Bertz CT molecular complexity index is 742. The third-order valence-electron chi connectivity index (χ3n) is 3.63. The number of sulfonamides is 1. The number of hydrogen-bond acceptors (Lipinski definition) is 5. The number of benzene rings is 1. The van der Waals surface area contributed by atoms with Crippen LogP contribution in [0.25, 0.3) is 0 Å². The Morgan fingerprint density at radius 2 is 1.64 bits per heavy atom. The topological polar surface area (TPSA) is 112 Å². The van der Waals surface area contributed by atoms with E-state index in [4.69, 9.17) is 5.11 Å². The molecule has 138 valence electrons. The van der Waals surface area contributed by atoms with Crippen LogP contribution in [0.2, 0.25) is 0 Å². The smallest absolute Gasteiger partial charge is 0.323 e. The predicted molar refractivity (Wildman–Crippen MR) is 90.8 cm³/mol. The number of rotatable bonds is 9. The number of nitrogens with zero attached hydrogens (tertiary/aromatic N) is 2. The fourth-order valence-electron chi connectivity index (χ4n) is 2.10. The van der Waals surface area contributed by atoms with Crippen molar-refractivity contribution < 1.29 is 27.9 Å². The van der Waals surface area contributed by atoms with E-state index in [1.807, 2.05) is 0 Å². The van der Waals surface area contributed by atoms with Gasteiger partial charge in [0, 0.05) is 32.6 Å². The number of carbonyl (C=O) groups excluding carboxylic acids is 2. The normalized spacial score (nSPS) is 11.4. The van der Waals surface area contributed by atoms with Crippen molar-refractivity contribution in [3.63, 3.8) is 0 Å². The molecule has 0 saturated heterocycles. The third-order valence-corrected chi connectivity index (χ3v) is 5.50. The molecule has 1 N–H and O–H groups in total. The molecule has 8 nitrogen and oxygen atoms in total. The van der Waals surface area contributed by atoms with Gasteiger partial charge in [-0.15, -0.1) is 0 Å². The van der Waals surface area contributed by atoms with Gasteiger partial charge in [-0.3, -0.25) is 14.4 Å². The summed E-state index contributed by atoms with van der Waals surface area (Å²) < 4.78 is 26.0. The number of amides is 1. The molecule has 0 bridgehead atoms. The van der Waals surface area contributed by atoms with Crippen molar-refractivity contribution in [3.05, 3.63) is 29.8 Å². The van der Waals surface area contributed by atoms with Crippen LogP contribution in [0.1, 0.15) is 30.1 Å². The van der Waals surface area contributed by atoms with Gasteiger partial charge in [-0.25, -0.2) is 12.7 Å². The lowest BCUT2D eigenvalue weighted by atomic mass is 10.2. The number of carbonyl (C=O) groups is 3. The van der Waals surface area contributed by atoms with Crippen LogP contribution in [0.3, 0.4) is 0 Å². The van der Waals surface area contributed by atoms with Crippen molar-refractivity contribution >= 4 is 27.7 Å². The minimum absolute atomic E-state index is 0.0485. The quantitative estimate of drug-likeness (QED) is 0.645. The lowest BCUT2D eigenvalue weighted by Gasteiger charge is -2.18. The highest BCUT2D eigenvalue weighted by molar-refractivity contribution is 7.89. The van der Waals surface area contributed by atoms with Crippen molar-refractivity contribution in [2.45, 2.75) is 24.7 Å². The van der Waals surface area contributed by atoms with E-state index in [1.54, 1.807) is 0 Å². The molecular formula is C16H22N2O6S. The molecule has 0 spiro atoms. The van der Waals surface area contributed by atoms with E-state index in [2.05, 4.69) is 0 Å². The number of likely N-dealkylation sites (N-methyl/N-ethyl adjacent to an activating group) is 1. The predicted octanol–water partition coefficient (Wildman–Crippen LogP) is 0.833. The minimum atomic E-state index is -3.72. The number of aliphatic carboxylic acids is 1. The monoisotopic (exact) mass is 370 g/mol. The van der Waals surface area contributed by atoms with E-state index in [9.17, 15) is 22.8 Å². The zero-order chi connectivity index (χ0) is 19.2. The molecule has 0 fully saturated rings. The van der Waals surface area contributed by atoms with Gasteiger partial charge in [-0.2, -0.15) is 0 Å². The Balaban J connectivity index is 2.63. The molecule has 1 amide bonds. The van der Waals surface area contributed by atoms with Crippen LogP contribution in [0.15, 0.2) is 29.2 Å². The third kappa shape index (κ3) is 5.95. The van der Waals surface area contributed by atoms with Crippen molar-refractivity contribution in [1.82, 2.24) is 9.21 Å². The van der Waals surface area contributed by atoms with Gasteiger partial charge >= 0.3 is 5.97 Å². The van der Waals surface area contributed by atoms with E-state index in [0.717, 1.165) is 9.21 Å². The molecule has 0 radical (unpaired) electrons. The lowest BCUT2D eigenvalue weighted by molar-refractivity contribution is -0.143. The maximum atomic E-state index is 12.4. The first kappa shape index (κ1) is 20.8. The van der Waals surface area contributed by atoms with E-state index in [1.165, 1.54) is 45.3 Å². The van der Waals surface area contributed by atoms with Crippen LogP contribution in [-0.4, -0.2) is 67.6 Å². The summed E-state index contributed by atoms with van der Waals surface area (Å²) in [4.78, 5) is 34.7. The molecule has 25 heavy (non-hydrogen) atoms. The average Bonchev–Trinajstić information content (AvgIpc) is 2.53. The van der Waals surface area contributed by atoms with Gasteiger partial charge in [0.05, 0.1) is 4.90 Å². The molecule has 0 unspecified atom stereocenters. The maximum absolute atomic E-state index is 12.4. The molecule has 0 saturated carbocycles. The standard InChI is InChI=1S/C16H22N2O6S/c1-12(19)13-6-8-14(9-7-13)25(23,24)18(3)10-4-5-15(20)17(2)11-16(21)22/h6-9H,4-5,10-11H2,1-3H3,(H,21,22). The van der Waals surface area contributed by atoms with E-state index in [-0.39, 0.29) is 36.0 Å². The largest absolute Gasteiger partial charge is 0.480 e. The van der Waals surface area contributed by atoms with Gasteiger partial charge in [0.25, 0.3) is 0 Å². The summed E-state index contributed by atoms with van der Waals surface area (Å²) in [5.41, 5.74) is 0.425. The highest BCUT2D eigenvalue weighted by atomic mass is 32.2. The molecule has 1 rings (SSSR count). The Morgan fingerprint density at radius 1 is 1.08 bits per heavy atom. The maximum Gasteiger partial charge on any atom is 0.323 e. The molecule has 0 aromatic heterocycles. The Labute approximate surface area is 147 Å². The van der Waals surface area contributed by atoms with Gasteiger partial charge in [0.15, 0.2) is 5.78 Å². The zero-order valence-corrected chi connectivity index (χ0v) is 15.2. The second kappa shape index (κ2) is 8.72. The molecular weight excluding hydrogens is 348 g/mol. The van der Waals surface area contributed by atoms with Gasteiger partial charge in [-0.05, 0) is 25.5 Å². The van der Waals surface area contributed by atoms with Crippen molar-refractivity contribution in [2.75, 3.05) is 27.2 Å². The molecule has 1 aromatic rings. The van der Waals surface area contributed by atoms with E-state index < -0.39 is 22.5 Å². The van der Waals surface area contributed by atoms with Gasteiger partial charge in [0.1, 0.15) is 6.54 Å². The van der Waals surface area contributed by atoms with Gasteiger partial charge in [0.2, 0.25) is 15.9 Å². The first-order valence-electron chi connectivity index (χ1n) is 7.58. The second-order valence-corrected chi connectivity index (χ2v) is 7.70. The number of hydrogen-bond donors (Lipinski definition) is 1. The van der Waals surface area contributed by atoms with Gasteiger partial charge in [-0.1, -0.05) is 12.1 Å². The fourth-order valence-corrected chi connectivity index (χ4v) is 3.31. The van der Waals surface area contributed by atoms with E-state index in [0.29, 0.717) is 5.56 Å². The molecule has 0 aliphatic rings. The molecule has 0 heterocycles. The van der Waals surface area contributed by atoms with Crippen LogP contribution in [0.5, 0.6) is 0 Å². The summed E-state index contributed by atoms with van der Waals surface area (Å²) in [6.07, 6.45) is 0.316. The summed E-state index contributed by atoms with van der Waals surface area (Å²) in [7, 11) is -0.931. The van der Waals surface area contributed by atoms with Crippen LogP contribution in [-0.2, 0) is 19.6 Å². The fraction of sp³-hybridized carbons (Fsp3) is 0.438. The van der Waals surface area contributed by atoms with Crippen LogP contribution < -0.4 is 0 Å². The second-order valence-electron chi connectivity index (χ2n) is 5.65. The first-order chi connectivity index (χ1) is 11.6. The van der Waals surface area contributed by atoms with Gasteiger partial charge < -0.3 is 10.0 Å². The van der Waals surface area contributed by atoms with Crippen molar-refractivity contribution in [3.8, 4) is 0 Å². The summed E-state index contributed by atoms with van der Waals surface area (Å²) in [6, 6.07) is 5.64. The molecule has 0 aliphatic heterocycles. The molecule has 0 atom stereocenters. The number of ketones is 1. The minimum Gasteiger partial charge on any atom is -0.480 e. The molecule has 9 heteroatoms. The summed E-state index contributed by atoms with van der Waals surface area (Å²) in [5, 5.41) is 8.63. The van der Waals surface area contributed by atoms with Crippen molar-refractivity contribution in [2.24, 2.45) is 0 Å². The van der Waals surface area contributed by atoms with Crippen LogP contribution >= 0.6 is 0 Å². The summed E-state index contributed by atoms with van der Waals surface area (Å²) in [5.74, 6) is -1.62. The Kier molecular flexibility index (Phi) is 7.25. The number of carboxylic acid groups (broad SMARTS) is 1. The highest BCUT2D eigenvalue weighted by Gasteiger charge is 2.21. The number of Topliss-reactive ketones (excluding diaryl/α,β-unsaturated/α-hetero) is 1. The first-order valence-corrected chi connectivity index (χ1v) is 9.03. The Morgan fingerprint density at radius 3 is 2.12 bits per heavy atom. The SMILES string of the molecule is CC(=O)c1ccc(S(=O)(=O)N(C)CCCC(=O)N(C)CC(=O)O)cc1. The zero-order valence-electron chi connectivity index (χ0n) is 14.4. The number of carboxylic acids is 1. The summed E-state index contributed by atoms with van der Waals surface area (Å²) in [6.45, 7) is 1.12. The lowest BCUT2D eigenvalue weighted by Crippen LogP contribution is -2.33. The average molecular weight is 370 g/mol. The Hall–Kier alpha value is -2.26. The van der Waals surface area contributed by atoms with Crippen molar-refractivity contribution in [1.29, 1.82) is 0 Å².